The van der Waals surface area contributed by atoms with E-state index in [-0.39, 0.29) is 0 Å². The van der Waals surface area contributed by atoms with Crippen LogP contribution in [-0.4, -0.2) is 0 Å². The largest absolute Gasteiger partial charge is 0.0836 e. The molecule has 0 aliphatic heterocycles. The van der Waals surface area contributed by atoms with Gasteiger partial charge in [-0.25, -0.2) is 0 Å². The smallest absolute Gasteiger partial charge is 0.0495 e. The third-order valence-corrected chi connectivity index (χ3v) is 3.73. The molecule has 0 bridgehead atoms. The molecular weight excluding hydrogens is 284 g/mol. The summed E-state index contributed by atoms with van der Waals surface area (Å²) in [6.45, 7) is 4.23. The minimum absolute atomic E-state index is 0.776. The molecule has 0 unspecified atom stereocenters. The maximum atomic E-state index is 6.23. The van der Waals surface area contributed by atoms with Gasteiger partial charge in [0.15, 0.2) is 0 Å². The lowest BCUT2D eigenvalue weighted by atomic mass is 10.0. The van der Waals surface area contributed by atoms with Crippen molar-refractivity contribution in [2.24, 2.45) is 0 Å². The van der Waals surface area contributed by atoms with Crippen molar-refractivity contribution in [1.82, 2.24) is 0 Å². The van der Waals surface area contributed by atoms with Crippen LogP contribution in [0.5, 0.6) is 0 Å². The Kier molecular flexibility index (Phi) is 3.36. The number of halogens is 2. The van der Waals surface area contributed by atoms with E-state index < -0.39 is 0 Å². The molecule has 0 saturated heterocycles. The van der Waals surface area contributed by atoms with Gasteiger partial charge in [0.25, 0.3) is 0 Å². The second kappa shape index (κ2) is 4.60. The van der Waals surface area contributed by atoms with E-state index in [1.807, 2.05) is 18.2 Å². The van der Waals surface area contributed by atoms with E-state index in [2.05, 4.69) is 48.0 Å². The fourth-order valence-corrected chi connectivity index (χ4v) is 2.66. The van der Waals surface area contributed by atoms with Crippen molar-refractivity contribution >= 4 is 27.5 Å². The minimum atomic E-state index is 0.776. The SMILES string of the molecule is Cc1ccc(-c2c(Cl)cccc2Br)cc1C. The van der Waals surface area contributed by atoms with Gasteiger partial charge >= 0.3 is 0 Å². The highest BCUT2D eigenvalue weighted by atomic mass is 79.9. The number of benzene rings is 2. The topological polar surface area (TPSA) is 0 Å². The molecule has 2 aromatic carbocycles. The Morgan fingerprint density at radius 3 is 2.38 bits per heavy atom. The van der Waals surface area contributed by atoms with E-state index in [0.717, 1.165) is 20.6 Å². The van der Waals surface area contributed by atoms with Crippen molar-refractivity contribution in [1.29, 1.82) is 0 Å². The standard InChI is InChI=1S/C14H12BrCl/c1-9-6-7-11(8-10(9)2)14-12(15)4-3-5-13(14)16/h3-8H,1-2H3. The summed E-state index contributed by atoms with van der Waals surface area (Å²) in [7, 11) is 0. The van der Waals surface area contributed by atoms with Crippen LogP contribution in [0.25, 0.3) is 11.1 Å². The fraction of sp³-hybridized carbons (Fsp3) is 0.143. The normalized spacial score (nSPS) is 10.5. The molecule has 2 heteroatoms. The van der Waals surface area contributed by atoms with Gasteiger partial charge in [-0.3, -0.25) is 0 Å². The highest BCUT2D eigenvalue weighted by molar-refractivity contribution is 9.10. The summed E-state index contributed by atoms with van der Waals surface area (Å²) in [5.41, 5.74) is 4.80. The van der Waals surface area contributed by atoms with Crippen LogP contribution in [0.4, 0.5) is 0 Å². The average Bonchev–Trinajstić information content (AvgIpc) is 2.23. The van der Waals surface area contributed by atoms with Gasteiger partial charge in [0, 0.05) is 15.1 Å². The fourth-order valence-electron chi connectivity index (χ4n) is 1.67. The summed E-state index contributed by atoms with van der Waals surface area (Å²) in [6, 6.07) is 12.3. The molecule has 0 saturated carbocycles. The van der Waals surface area contributed by atoms with Crippen LogP contribution < -0.4 is 0 Å². The molecule has 0 amide bonds. The first-order valence-corrected chi connectivity index (χ1v) is 6.28. The highest BCUT2D eigenvalue weighted by Crippen LogP contribution is 2.35. The molecule has 0 spiro atoms. The maximum Gasteiger partial charge on any atom is 0.0495 e. The van der Waals surface area contributed by atoms with Crippen molar-refractivity contribution < 1.29 is 0 Å². The first-order valence-electron chi connectivity index (χ1n) is 5.11. The lowest BCUT2D eigenvalue weighted by molar-refractivity contribution is 1.34. The van der Waals surface area contributed by atoms with Gasteiger partial charge in [-0.15, -0.1) is 0 Å². The lowest BCUT2D eigenvalue weighted by Crippen LogP contribution is -1.85. The average molecular weight is 296 g/mol. The molecule has 0 heterocycles. The molecule has 0 radical (unpaired) electrons. The summed E-state index contributed by atoms with van der Waals surface area (Å²) in [6.07, 6.45) is 0. The first-order chi connectivity index (χ1) is 7.59. The summed E-state index contributed by atoms with van der Waals surface area (Å²) in [5, 5.41) is 0.776. The number of hydrogen-bond donors (Lipinski definition) is 0. The van der Waals surface area contributed by atoms with Crippen LogP contribution in [0, 0.1) is 13.8 Å². The zero-order chi connectivity index (χ0) is 11.7. The van der Waals surface area contributed by atoms with Gasteiger partial charge in [0.05, 0.1) is 0 Å². The van der Waals surface area contributed by atoms with Crippen molar-refractivity contribution in [2.75, 3.05) is 0 Å². The molecule has 0 fully saturated rings. The third-order valence-electron chi connectivity index (χ3n) is 2.76. The van der Waals surface area contributed by atoms with E-state index >= 15 is 0 Å². The molecule has 2 rings (SSSR count). The first kappa shape index (κ1) is 11.7. The maximum absolute atomic E-state index is 6.23. The van der Waals surface area contributed by atoms with Crippen LogP contribution in [0.15, 0.2) is 40.9 Å². The molecule has 2 aromatic rings. The van der Waals surface area contributed by atoms with Crippen LogP contribution in [-0.2, 0) is 0 Å². The van der Waals surface area contributed by atoms with Crippen molar-refractivity contribution in [2.45, 2.75) is 13.8 Å². The lowest BCUT2D eigenvalue weighted by Gasteiger charge is -2.09. The molecule has 0 aliphatic rings. The van der Waals surface area contributed by atoms with Gasteiger partial charge in [-0.05, 0) is 42.7 Å². The molecule has 0 N–H and O–H groups in total. The zero-order valence-corrected chi connectivity index (χ0v) is 11.6. The Balaban J connectivity index is 2.63. The summed E-state index contributed by atoms with van der Waals surface area (Å²) in [4.78, 5) is 0. The number of hydrogen-bond acceptors (Lipinski definition) is 0. The minimum Gasteiger partial charge on any atom is -0.0836 e. The molecule has 0 nitrogen and oxygen atoms in total. The van der Waals surface area contributed by atoms with E-state index in [9.17, 15) is 0 Å². The predicted molar refractivity (Wildman–Crippen MR) is 74.1 cm³/mol. The van der Waals surface area contributed by atoms with Crippen molar-refractivity contribution in [3.8, 4) is 11.1 Å². The van der Waals surface area contributed by atoms with Crippen LogP contribution >= 0.6 is 27.5 Å². The Morgan fingerprint density at radius 1 is 1.00 bits per heavy atom. The van der Waals surface area contributed by atoms with Gasteiger partial charge in [0.2, 0.25) is 0 Å². The van der Waals surface area contributed by atoms with Gasteiger partial charge in [-0.1, -0.05) is 51.8 Å². The molecule has 0 aliphatic carbocycles. The monoisotopic (exact) mass is 294 g/mol. The predicted octanol–water partition coefficient (Wildman–Crippen LogP) is 5.39. The van der Waals surface area contributed by atoms with Crippen molar-refractivity contribution in [3.05, 3.63) is 57.0 Å². The summed E-state index contributed by atoms with van der Waals surface area (Å²) < 4.78 is 1.03. The quantitative estimate of drug-likeness (QED) is 0.662. The molecule has 82 valence electrons. The van der Waals surface area contributed by atoms with Crippen LogP contribution in [0.2, 0.25) is 5.02 Å². The van der Waals surface area contributed by atoms with E-state index in [1.165, 1.54) is 11.1 Å². The summed E-state index contributed by atoms with van der Waals surface area (Å²) >= 11 is 9.77. The Hall–Kier alpha value is -0.790. The Morgan fingerprint density at radius 2 is 1.75 bits per heavy atom. The van der Waals surface area contributed by atoms with E-state index in [4.69, 9.17) is 11.6 Å². The molecule has 16 heavy (non-hydrogen) atoms. The van der Waals surface area contributed by atoms with Crippen LogP contribution in [0.3, 0.4) is 0 Å². The zero-order valence-electron chi connectivity index (χ0n) is 9.22. The van der Waals surface area contributed by atoms with Gasteiger partial charge in [-0.2, -0.15) is 0 Å². The third kappa shape index (κ3) is 2.16. The number of rotatable bonds is 1. The Bertz CT molecular complexity index is 512. The van der Waals surface area contributed by atoms with Gasteiger partial charge < -0.3 is 0 Å². The second-order valence-electron chi connectivity index (χ2n) is 3.90. The van der Waals surface area contributed by atoms with E-state index in [1.54, 1.807) is 0 Å². The molecule has 0 aromatic heterocycles. The number of aryl methyl sites for hydroxylation is 2. The van der Waals surface area contributed by atoms with Crippen molar-refractivity contribution in [3.63, 3.8) is 0 Å². The molecule has 0 atom stereocenters. The second-order valence-corrected chi connectivity index (χ2v) is 5.16. The van der Waals surface area contributed by atoms with Crippen LogP contribution in [0.1, 0.15) is 11.1 Å². The Labute approximate surface area is 109 Å². The highest BCUT2D eigenvalue weighted by Gasteiger charge is 2.08. The molecular formula is C14H12BrCl. The van der Waals surface area contributed by atoms with Gasteiger partial charge in [0.1, 0.15) is 0 Å². The van der Waals surface area contributed by atoms with E-state index in [0.29, 0.717) is 0 Å². The summed E-state index contributed by atoms with van der Waals surface area (Å²) in [5.74, 6) is 0.